The average molecular weight is 389 g/mol. The van der Waals surface area contributed by atoms with Gasteiger partial charge in [-0.05, 0) is 25.1 Å². The molecule has 0 aliphatic carbocycles. The summed E-state index contributed by atoms with van der Waals surface area (Å²) < 4.78 is 0. The van der Waals surface area contributed by atoms with E-state index in [1.165, 1.54) is 61.2 Å². The fourth-order valence-electron chi connectivity index (χ4n) is 3.95. The Balaban J connectivity index is 3.88. The first kappa shape index (κ1) is 24.1. The molecule has 24 heavy (non-hydrogen) atoms. The summed E-state index contributed by atoms with van der Waals surface area (Å²) in [6.07, 6.45) is 2.56. The lowest BCUT2D eigenvalue weighted by Gasteiger charge is -2.28. The smallest absolute Gasteiger partial charge is 0.166 e. The summed E-state index contributed by atoms with van der Waals surface area (Å²) in [4.78, 5) is 0. The van der Waals surface area contributed by atoms with Crippen LogP contribution in [0, 0.1) is 0 Å². The SMILES string of the molecule is CC[Si](CC)(CC)CCCNC(=S)NCCC[Si](CC)(CC)CC. The van der Waals surface area contributed by atoms with Crippen molar-refractivity contribution < 1.29 is 0 Å². The van der Waals surface area contributed by atoms with Crippen molar-refractivity contribution in [2.24, 2.45) is 0 Å². The van der Waals surface area contributed by atoms with Gasteiger partial charge in [0.15, 0.2) is 5.11 Å². The minimum atomic E-state index is -0.953. The Morgan fingerprint density at radius 3 is 1.17 bits per heavy atom. The van der Waals surface area contributed by atoms with E-state index < -0.39 is 16.1 Å². The standard InChI is InChI=1S/C19H44N2SSi2/c1-7-23(8-2,9-3)17-13-15-20-19(22)21-16-14-18-24(10-4,11-5)12-6/h7-18H2,1-6H3,(H2,20,21,22). The van der Waals surface area contributed by atoms with Gasteiger partial charge in [-0.3, -0.25) is 0 Å². The summed E-state index contributed by atoms with van der Waals surface area (Å²) in [5.74, 6) is 0. The average Bonchev–Trinajstić information content (AvgIpc) is 2.63. The van der Waals surface area contributed by atoms with E-state index in [-0.39, 0.29) is 0 Å². The Labute approximate surface area is 160 Å². The highest BCUT2D eigenvalue weighted by Crippen LogP contribution is 2.27. The van der Waals surface area contributed by atoms with Crippen molar-refractivity contribution in [2.45, 2.75) is 103 Å². The summed E-state index contributed by atoms with van der Waals surface area (Å²) >= 11 is 5.44. The van der Waals surface area contributed by atoms with Crippen molar-refractivity contribution in [3.05, 3.63) is 0 Å². The van der Waals surface area contributed by atoms with Crippen molar-refractivity contribution >= 4 is 33.5 Å². The number of hydrogen-bond donors (Lipinski definition) is 2. The molecular weight excluding hydrogens is 344 g/mol. The van der Waals surface area contributed by atoms with Gasteiger partial charge < -0.3 is 10.6 Å². The highest BCUT2D eigenvalue weighted by Gasteiger charge is 2.26. The van der Waals surface area contributed by atoms with Gasteiger partial charge in [0, 0.05) is 13.1 Å². The molecule has 0 unspecified atom stereocenters. The van der Waals surface area contributed by atoms with E-state index in [1.807, 2.05) is 0 Å². The van der Waals surface area contributed by atoms with Crippen LogP contribution in [0.5, 0.6) is 0 Å². The van der Waals surface area contributed by atoms with Crippen molar-refractivity contribution in [1.82, 2.24) is 10.6 Å². The summed E-state index contributed by atoms with van der Waals surface area (Å²) in [6.45, 7) is 16.4. The molecule has 2 N–H and O–H groups in total. The Hall–Kier alpha value is 0.124. The van der Waals surface area contributed by atoms with E-state index in [2.05, 4.69) is 52.2 Å². The van der Waals surface area contributed by atoms with E-state index in [0.29, 0.717) is 0 Å². The third kappa shape index (κ3) is 8.48. The van der Waals surface area contributed by atoms with E-state index in [9.17, 15) is 0 Å². The molecule has 0 aromatic carbocycles. The molecular formula is C19H44N2SSi2. The third-order valence-electron chi connectivity index (χ3n) is 6.84. The van der Waals surface area contributed by atoms with Gasteiger partial charge in [-0.1, -0.05) is 89.9 Å². The van der Waals surface area contributed by atoms with Crippen molar-refractivity contribution in [1.29, 1.82) is 0 Å². The first-order chi connectivity index (χ1) is 11.5. The van der Waals surface area contributed by atoms with E-state index in [1.54, 1.807) is 0 Å². The van der Waals surface area contributed by atoms with E-state index in [0.717, 1.165) is 18.2 Å². The van der Waals surface area contributed by atoms with E-state index in [4.69, 9.17) is 12.2 Å². The molecule has 0 atom stereocenters. The molecule has 0 aromatic heterocycles. The fourth-order valence-corrected chi connectivity index (χ4v) is 11.1. The Kier molecular flexibility index (Phi) is 13.4. The van der Waals surface area contributed by atoms with Gasteiger partial charge in [0.2, 0.25) is 0 Å². The van der Waals surface area contributed by atoms with Crippen LogP contribution in [-0.4, -0.2) is 34.3 Å². The molecule has 144 valence electrons. The highest BCUT2D eigenvalue weighted by molar-refractivity contribution is 7.80. The van der Waals surface area contributed by atoms with Crippen LogP contribution in [0.25, 0.3) is 0 Å². The zero-order valence-electron chi connectivity index (χ0n) is 17.4. The monoisotopic (exact) mass is 388 g/mol. The maximum absolute atomic E-state index is 5.44. The van der Waals surface area contributed by atoms with Gasteiger partial charge in [0.05, 0.1) is 16.1 Å². The maximum Gasteiger partial charge on any atom is 0.166 e. The van der Waals surface area contributed by atoms with Gasteiger partial charge in [0.1, 0.15) is 0 Å². The van der Waals surface area contributed by atoms with Gasteiger partial charge in [0.25, 0.3) is 0 Å². The van der Waals surface area contributed by atoms with Gasteiger partial charge in [-0.15, -0.1) is 0 Å². The summed E-state index contributed by atoms with van der Waals surface area (Å²) in [5.41, 5.74) is 0. The summed E-state index contributed by atoms with van der Waals surface area (Å²) in [6, 6.07) is 11.5. The predicted octanol–water partition coefficient (Wildman–Crippen LogP) is 6.25. The Morgan fingerprint density at radius 1 is 0.625 bits per heavy atom. The van der Waals surface area contributed by atoms with Crippen LogP contribution in [0.15, 0.2) is 0 Å². The minimum Gasteiger partial charge on any atom is -0.363 e. The van der Waals surface area contributed by atoms with Crippen LogP contribution >= 0.6 is 12.2 Å². The lowest BCUT2D eigenvalue weighted by atomic mass is 10.4. The molecule has 0 aliphatic heterocycles. The van der Waals surface area contributed by atoms with Gasteiger partial charge in [-0.25, -0.2) is 0 Å². The minimum absolute atomic E-state index is 0.864. The topological polar surface area (TPSA) is 24.1 Å². The van der Waals surface area contributed by atoms with Crippen molar-refractivity contribution in [2.75, 3.05) is 13.1 Å². The van der Waals surface area contributed by atoms with Crippen LogP contribution in [0.1, 0.15) is 54.4 Å². The van der Waals surface area contributed by atoms with Crippen LogP contribution in [-0.2, 0) is 0 Å². The van der Waals surface area contributed by atoms with Crippen LogP contribution < -0.4 is 10.6 Å². The Bertz CT molecular complexity index is 283. The van der Waals surface area contributed by atoms with Crippen molar-refractivity contribution in [3.63, 3.8) is 0 Å². The molecule has 0 spiro atoms. The molecule has 0 saturated heterocycles. The molecule has 0 aliphatic rings. The van der Waals surface area contributed by atoms with Gasteiger partial charge in [-0.2, -0.15) is 0 Å². The number of hydrogen-bond acceptors (Lipinski definition) is 1. The molecule has 0 saturated carbocycles. The normalized spacial score (nSPS) is 12.2. The third-order valence-corrected chi connectivity index (χ3v) is 19.0. The maximum atomic E-state index is 5.44. The van der Waals surface area contributed by atoms with Gasteiger partial charge >= 0.3 is 0 Å². The van der Waals surface area contributed by atoms with Crippen LogP contribution in [0.3, 0.4) is 0 Å². The molecule has 0 fully saturated rings. The largest absolute Gasteiger partial charge is 0.363 e. The van der Waals surface area contributed by atoms with Crippen molar-refractivity contribution in [3.8, 4) is 0 Å². The zero-order chi connectivity index (χ0) is 18.5. The molecule has 0 aromatic rings. The number of thiocarbonyl (C=S) groups is 1. The second-order valence-corrected chi connectivity index (χ2v) is 19.2. The second kappa shape index (κ2) is 13.3. The van der Waals surface area contributed by atoms with Crippen LogP contribution in [0.4, 0.5) is 0 Å². The molecule has 0 amide bonds. The predicted molar refractivity (Wildman–Crippen MR) is 122 cm³/mol. The molecule has 0 bridgehead atoms. The molecule has 5 heteroatoms. The number of nitrogens with one attached hydrogen (secondary N) is 2. The molecule has 0 rings (SSSR count). The van der Waals surface area contributed by atoms with Crippen LogP contribution in [0.2, 0.25) is 48.4 Å². The first-order valence-corrected chi connectivity index (χ1v) is 16.5. The van der Waals surface area contributed by atoms with E-state index >= 15 is 0 Å². The molecule has 0 heterocycles. The highest BCUT2D eigenvalue weighted by atomic mass is 32.1. The quantitative estimate of drug-likeness (QED) is 0.209. The zero-order valence-corrected chi connectivity index (χ0v) is 20.2. The second-order valence-electron chi connectivity index (χ2n) is 7.51. The lowest BCUT2D eigenvalue weighted by Crippen LogP contribution is -2.38. The summed E-state index contributed by atoms with van der Waals surface area (Å²) in [5, 5.41) is 7.71. The summed E-state index contributed by atoms with van der Waals surface area (Å²) in [7, 11) is -1.91. The Morgan fingerprint density at radius 2 is 0.917 bits per heavy atom. The number of rotatable bonds is 14. The lowest BCUT2D eigenvalue weighted by molar-refractivity contribution is 0.766. The first-order valence-electron chi connectivity index (χ1n) is 10.5. The molecule has 2 nitrogen and oxygen atoms in total. The molecule has 0 radical (unpaired) electrons. The fraction of sp³-hybridized carbons (Fsp3) is 0.947.